The smallest absolute Gasteiger partial charge is 0.228 e. The lowest BCUT2D eigenvalue weighted by atomic mass is 10.3. The molecule has 1 saturated heterocycles. The number of amides is 2. The van der Waals surface area contributed by atoms with Crippen molar-refractivity contribution in [2.24, 2.45) is 7.05 Å². The Bertz CT molecular complexity index is 789. The summed E-state index contributed by atoms with van der Waals surface area (Å²) in [5.74, 6) is 0.684. The largest absolute Gasteiger partial charge is 0.488 e. The van der Waals surface area contributed by atoms with Crippen LogP contribution in [0.15, 0.2) is 30.6 Å². The molecule has 0 bridgehead atoms. The van der Waals surface area contributed by atoms with Crippen LogP contribution in [0.25, 0.3) is 0 Å². The van der Waals surface area contributed by atoms with E-state index in [2.05, 4.69) is 15.4 Å². The molecule has 2 aromatic heterocycles. The first kappa shape index (κ1) is 17.9. The Hall–Kier alpha value is -2.90. The van der Waals surface area contributed by atoms with Crippen LogP contribution in [0.5, 0.6) is 5.75 Å². The highest BCUT2D eigenvalue weighted by atomic mass is 16.5. The average Bonchev–Trinajstić information content (AvgIpc) is 3.23. The minimum atomic E-state index is -0.100. The van der Waals surface area contributed by atoms with E-state index in [0.717, 1.165) is 17.8 Å². The predicted octanol–water partition coefficient (Wildman–Crippen LogP) is 0.674. The van der Waals surface area contributed by atoms with E-state index in [1.54, 1.807) is 23.1 Å². The standard InChI is InChI=1S/C18H23N5O3/c1-13(24)20-11-14-9-16(4-6-19-14)26-17-5-8-23(12-17)18(25)10-15-3-7-21-22(15)2/h3-4,6-7,9,17H,5,8,10-12H2,1-2H3,(H,20,24). The molecule has 1 fully saturated rings. The molecule has 0 aromatic carbocycles. The van der Waals surface area contributed by atoms with Gasteiger partial charge in [-0.2, -0.15) is 5.10 Å². The summed E-state index contributed by atoms with van der Waals surface area (Å²) < 4.78 is 7.72. The lowest BCUT2D eigenvalue weighted by Crippen LogP contribution is -2.32. The van der Waals surface area contributed by atoms with Gasteiger partial charge in [0, 0.05) is 51.1 Å². The summed E-state index contributed by atoms with van der Waals surface area (Å²) in [6.45, 7) is 3.09. The Balaban J connectivity index is 1.53. The Labute approximate surface area is 152 Å². The van der Waals surface area contributed by atoms with Crippen molar-refractivity contribution in [2.75, 3.05) is 13.1 Å². The molecule has 0 radical (unpaired) electrons. The molecule has 8 heteroatoms. The Morgan fingerprint density at radius 3 is 2.92 bits per heavy atom. The third kappa shape index (κ3) is 4.59. The van der Waals surface area contributed by atoms with E-state index < -0.39 is 0 Å². The molecular weight excluding hydrogens is 334 g/mol. The first-order valence-corrected chi connectivity index (χ1v) is 8.62. The van der Waals surface area contributed by atoms with Gasteiger partial charge in [0.05, 0.1) is 25.2 Å². The zero-order chi connectivity index (χ0) is 18.5. The van der Waals surface area contributed by atoms with E-state index in [0.29, 0.717) is 31.8 Å². The molecule has 26 heavy (non-hydrogen) atoms. The SMILES string of the molecule is CC(=O)NCc1cc(OC2CCN(C(=O)Cc3ccnn3C)C2)ccn1. The zero-order valence-corrected chi connectivity index (χ0v) is 15.0. The molecule has 2 amide bonds. The normalized spacial score (nSPS) is 16.5. The maximum atomic E-state index is 12.4. The Morgan fingerprint density at radius 2 is 2.19 bits per heavy atom. The van der Waals surface area contributed by atoms with Crippen molar-refractivity contribution in [1.29, 1.82) is 0 Å². The van der Waals surface area contributed by atoms with Gasteiger partial charge in [0.15, 0.2) is 0 Å². The van der Waals surface area contributed by atoms with E-state index in [1.807, 2.05) is 24.1 Å². The number of carbonyl (C=O) groups is 2. The first-order valence-electron chi connectivity index (χ1n) is 8.62. The van der Waals surface area contributed by atoms with Gasteiger partial charge >= 0.3 is 0 Å². The number of nitrogens with one attached hydrogen (secondary N) is 1. The van der Waals surface area contributed by atoms with Gasteiger partial charge in [-0.15, -0.1) is 0 Å². The molecule has 0 spiro atoms. The highest BCUT2D eigenvalue weighted by molar-refractivity contribution is 5.78. The van der Waals surface area contributed by atoms with Crippen molar-refractivity contribution in [3.8, 4) is 5.75 Å². The van der Waals surface area contributed by atoms with Gasteiger partial charge < -0.3 is 15.0 Å². The van der Waals surface area contributed by atoms with Crippen molar-refractivity contribution in [2.45, 2.75) is 32.4 Å². The molecule has 1 N–H and O–H groups in total. The third-order valence-electron chi connectivity index (χ3n) is 4.36. The van der Waals surface area contributed by atoms with Crippen LogP contribution in [0.4, 0.5) is 0 Å². The number of ether oxygens (including phenoxy) is 1. The van der Waals surface area contributed by atoms with Crippen molar-refractivity contribution in [3.05, 3.63) is 42.0 Å². The fourth-order valence-electron chi connectivity index (χ4n) is 2.93. The number of rotatable bonds is 6. The second-order valence-electron chi connectivity index (χ2n) is 6.38. The maximum absolute atomic E-state index is 12.4. The molecular formula is C18H23N5O3. The summed E-state index contributed by atoms with van der Waals surface area (Å²) in [5.41, 5.74) is 1.64. The summed E-state index contributed by atoms with van der Waals surface area (Å²) in [5, 5.41) is 6.80. The van der Waals surface area contributed by atoms with Gasteiger partial charge in [-0.05, 0) is 12.1 Å². The molecule has 2 aromatic rings. The molecule has 1 unspecified atom stereocenters. The number of aryl methyl sites for hydroxylation is 1. The molecule has 1 atom stereocenters. The lowest BCUT2D eigenvalue weighted by Gasteiger charge is -2.17. The van der Waals surface area contributed by atoms with Gasteiger partial charge in [0.25, 0.3) is 0 Å². The topological polar surface area (TPSA) is 89.4 Å². The van der Waals surface area contributed by atoms with Crippen LogP contribution in [0.3, 0.4) is 0 Å². The quantitative estimate of drug-likeness (QED) is 0.821. The van der Waals surface area contributed by atoms with Crippen molar-refractivity contribution in [1.82, 2.24) is 25.0 Å². The summed E-state index contributed by atoms with van der Waals surface area (Å²) in [6, 6.07) is 5.46. The Morgan fingerprint density at radius 1 is 1.35 bits per heavy atom. The lowest BCUT2D eigenvalue weighted by molar-refractivity contribution is -0.129. The number of aromatic nitrogens is 3. The highest BCUT2D eigenvalue weighted by Crippen LogP contribution is 2.19. The second kappa shape index (κ2) is 7.99. The number of carbonyl (C=O) groups excluding carboxylic acids is 2. The number of nitrogens with zero attached hydrogens (tertiary/aromatic N) is 4. The molecule has 8 nitrogen and oxygen atoms in total. The van der Waals surface area contributed by atoms with Gasteiger partial charge in [0.1, 0.15) is 11.9 Å². The second-order valence-corrected chi connectivity index (χ2v) is 6.38. The van der Waals surface area contributed by atoms with Gasteiger partial charge in [-0.1, -0.05) is 0 Å². The minimum Gasteiger partial charge on any atom is -0.488 e. The number of pyridine rings is 1. The molecule has 0 saturated carbocycles. The van der Waals surface area contributed by atoms with E-state index in [9.17, 15) is 9.59 Å². The number of hydrogen-bond acceptors (Lipinski definition) is 5. The molecule has 3 heterocycles. The van der Waals surface area contributed by atoms with Crippen LogP contribution in [0, 0.1) is 0 Å². The van der Waals surface area contributed by atoms with Gasteiger partial charge in [0.2, 0.25) is 11.8 Å². The predicted molar refractivity (Wildman–Crippen MR) is 94.3 cm³/mol. The molecule has 3 rings (SSSR count). The average molecular weight is 357 g/mol. The monoisotopic (exact) mass is 357 g/mol. The first-order chi connectivity index (χ1) is 12.5. The third-order valence-corrected chi connectivity index (χ3v) is 4.36. The molecule has 1 aliphatic heterocycles. The number of hydrogen-bond donors (Lipinski definition) is 1. The molecule has 1 aliphatic rings. The fourth-order valence-corrected chi connectivity index (χ4v) is 2.93. The molecule has 138 valence electrons. The summed E-state index contributed by atoms with van der Waals surface area (Å²) in [4.78, 5) is 29.5. The van der Waals surface area contributed by atoms with Crippen LogP contribution in [0.1, 0.15) is 24.7 Å². The summed E-state index contributed by atoms with van der Waals surface area (Å²) >= 11 is 0. The van der Waals surface area contributed by atoms with Crippen molar-refractivity contribution in [3.63, 3.8) is 0 Å². The van der Waals surface area contributed by atoms with Crippen LogP contribution < -0.4 is 10.1 Å². The summed E-state index contributed by atoms with van der Waals surface area (Å²) in [7, 11) is 1.83. The van der Waals surface area contributed by atoms with Crippen molar-refractivity contribution < 1.29 is 14.3 Å². The molecule has 0 aliphatic carbocycles. The van der Waals surface area contributed by atoms with E-state index in [4.69, 9.17) is 4.74 Å². The van der Waals surface area contributed by atoms with Crippen LogP contribution in [0.2, 0.25) is 0 Å². The highest BCUT2D eigenvalue weighted by Gasteiger charge is 2.28. The van der Waals surface area contributed by atoms with Gasteiger partial charge in [-0.3, -0.25) is 19.3 Å². The number of likely N-dealkylation sites (tertiary alicyclic amines) is 1. The van der Waals surface area contributed by atoms with E-state index >= 15 is 0 Å². The summed E-state index contributed by atoms with van der Waals surface area (Å²) in [6.07, 6.45) is 4.45. The minimum absolute atomic E-state index is 0.0403. The zero-order valence-electron chi connectivity index (χ0n) is 15.0. The van der Waals surface area contributed by atoms with Crippen LogP contribution in [-0.2, 0) is 29.6 Å². The van der Waals surface area contributed by atoms with Crippen LogP contribution >= 0.6 is 0 Å². The van der Waals surface area contributed by atoms with E-state index in [1.165, 1.54) is 6.92 Å². The maximum Gasteiger partial charge on any atom is 0.228 e. The van der Waals surface area contributed by atoms with Crippen LogP contribution in [-0.4, -0.2) is 50.7 Å². The van der Waals surface area contributed by atoms with Gasteiger partial charge in [-0.25, -0.2) is 0 Å². The fraction of sp³-hybridized carbons (Fsp3) is 0.444. The van der Waals surface area contributed by atoms with Crippen molar-refractivity contribution >= 4 is 11.8 Å². The Kier molecular flexibility index (Phi) is 5.50. The van der Waals surface area contributed by atoms with E-state index in [-0.39, 0.29) is 17.9 Å².